The van der Waals surface area contributed by atoms with Crippen LogP contribution in [0.25, 0.3) is 11.5 Å². The number of hydrogen-bond acceptors (Lipinski definition) is 4. The maximum atomic E-state index is 12.5. The number of hydrogen-bond donors (Lipinski definition) is 0. The summed E-state index contributed by atoms with van der Waals surface area (Å²) in [7, 11) is 0. The molecule has 118 valence electrons. The Kier molecular flexibility index (Phi) is 3.64. The van der Waals surface area contributed by atoms with Gasteiger partial charge < -0.3 is 4.57 Å². The predicted octanol–water partition coefficient (Wildman–Crippen LogP) is 2.49. The van der Waals surface area contributed by atoms with Crippen LogP contribution < -0.4 is 5.56 Å². The van der Waals surface area contributed by atoms with Crippen molar-refractivity contribution >= 4 is 11.6 Å². The van der Waals surface area contributed by atoms with Gasteiger partial charge in [0, 0.05) is 18.6 Å². The van der Waals surface area contributed by atoms with Gasteiger partial charge in [-0.1, -0.05) is 11.6 Å². The highest BCUT2D eigenvalue weighted by Gasteiger charge is 2.30. The maximum absolute atomic E-state index is 12.5. The zero-order chi connectivity index (χ0) is 16.6. The van der Waals surface area contributed by atoms with E-state index in [9.17, 15) is 18.0 Å². The molecule has 0 aliphatic heterocycles. The van der Waals surface area contributed by atoms with Gasteiger partial charge in [-0.25, -0.2) is 9.97 Å². The van der Waals surface area contributed by atoms with Crippen molar-refractivity contribution < 1.29 is 13.2 Å². The summed E-state index contributed by atoms with van der Waals surface area (Å²) in [6, 6.07) is 1.86. The monoisotopic (exact) mass is 341 g/mol. The van der Waals surface area contributed by atoms with Crippen LogP contribution in [0.1, 0.15) is 5.56 Å². The number of aromatic nitrogens is 5. The molecular formula is C13H7ClF3N5O. The first-order chi connectivity index (χ1) is 10.9. The van der Waals surface area contributed by atoms with Crippen molar-refractivity contribution in [3.05, 3.63) is 64.2 Å². The van der Waals surface area contributed by atoms with Crippen molar-refractivity contribution in [3.63, 3.8) is 0 Å². The third kappa shape index (κ3) is 2.82. The molecule has 0 aliphatic rings. The second-order valence-electron chi connectivity index (χ2n) is 4.43. The highest BCUT2D eigenvalue weighted by Crippen LogP contribution is 2.28. The molecule has 0 fully saturated rings. The first-order valence-electron chi connectivity index (χ1n) is 6.18. The predicted molar refractivity (Wildman–Crippen MR) is 74.8 cm³/mol. The Balaban J connectivity index is 2.05. The molecule has 10 heteroatoms. The van der Waals surface area contributed by atoms with E-state index in [1.165, 1.54) is 23.3 Å². The zero-order valence-electron chi connectivity index (χ0n) is 11.2. The van der Waals surface area contributed by atoms with E-state index < -0.39 is 17.3 Å². The molecule has 0 unspecified atom stereocenters. The lowest BCUT2D eigenvalue weighted by molar-refractivity contribution is -0.137. The van der Waals surface area contributed by atoms with Crippen LogP contribution in [0.15, 0.2) is 48.0 Å². The van der Waals surface area contributed by atoms with E-state index in [0.29, 0.717) is 11.9 Å². The van der Waals surface area contributed by atoms with Gasteiger partial charge in [-0.2, -0.15) is 23.0 Å². The molecule has 0 amide bonds. The largest absolute Gasteiger partial charge is 0.417 e. The molecule has 0 saturated heterocycles. The van der Waals surface area contributed by atoms with Gasteiger partial charge in [-0.05, 0) is 12.1 Å². The van der Waals surface area contributed by atoms with E-state index in [0.717, 1.165) is 16.8 Å². The van der Waals surface area contributed by atoms with Crippen molar-refractivity contribution in [2.24, 2.45) is 0 Å². The fourth-order valence-electron chi connectivity index (χ4n) is 1.85. The molecule has 3 heterocycles. The van der Waals surface area contributed by atoms with E-state index in [-0.39, 0.29) is 10.8 Å². The molecule has 0 radical (unpaired) electrons. The van der Waals surface area contributed by atoms with Crippen LogP contribution in [-0.2, 0) is 6.18 Å². The normalized spacial score (nSPS) is 11.7. The average Bonchev–Trinajstić information content (AvgIpc) is 3.03. The molecule has 0 saturated carbocycles. The van der Waals surface area contributed by atoms with E-state index in [1.807, 2.05) is 0 Å². The topological polar surface area (TPSA) is 65.6 Å². The van der Waals surface area contributed by atoms with E-state index in [2.05, 4.69) is 15.1 Å². The number of alkyl halides is 3. The summed E-state index contributed by atoms with van der Waals surface area (Å²) in [5, 5.41) is 3.73. The molecule has 6 nitrogen and oxygen atoms in total. The second kappa shape index (κ2) is 5.51. The lowest BCUT2D eigenvalue weighted by atomic mass is 10.3. The Morgan fingerprint density at radius 1 is 1.17 bits per heavy atom. The third-order valence-corrected chi connectivity index (χ3v) is 3.33. The van der Waals surface area contributed by atoms with Crippen LogP contribution in [0.5, 0.6) is 0 Å². The number of halogens is 4. The minimum absolute atomic E-state index is 0.0675. The average molecular weight is 342 g/mol. The van der Waals surface area contributed by atoms with Gasteiger partial charge in [0.2, 0.25) is 0 Å². The van der Waals surface area contributed by atoms with Crippen LogP contribution >= 0.6 is 11.6 Å². The fraction of sp³-hybridized carbons (Fsp3) is 0.0769. The second-order valence-corrected chi connectivity index (χ2v) is 4.81. The molecule has 3 rings (SSSR count). The first-order valence-corrected chi connectivity index (χ1v) is 6.55. The molecule has 0 spiro atoms. The summed E-state index contributed by atoms with van der Waals surface area (Å²) in [6.45, 7) is 0. The van der Waals surface area contributed by atoms with Gasteiger partial charge in [0.25, 0.3) is 5.56 Å². The van der Waals surface area contributed by atoms with Crippen LogP contribution in [0, 0.1) is 0 Å². The minimum Gasteiger partial charge on any atom is -0.303 e. The fourth-order valence-corrected chi connectivity index (χ4v) is 2.07. The number of pyridine rings is 1. The molecule has 23 heavy (non-hydrogen) atoms. The molecule has 0 bridgehead atoms. The van der Waals surface area contributed by atoms with Crippen LogP contribution in [0.4, 0.5) is 13.2 Å². The lowest BCUT2D eigenvalue weighted by Gasteiger charge is -2.09. The van der Waals surface area contributed by atoms with Crippen LogP contribution in [0.2, 0.25) is 5.02 Å². The van der Waals surface area contributed by atoms with Crippen molar-refractivity contribution in [2.45, 2.75) is 6.18 Å². The quantitative estimate of drug-likeness (QED) is 0.718. The first kappa shape index (κ1) is 15.2. The maximum Gasteiger partial charge on any atom is 0.417 e. The van der Waals surface area contributed by atoms with Gasteiger partial charge in [0.1, 0.15) is 5.02 Å². The highest BCUT2D eigenvalue weighted by atomic mass is 35.5. The van der Waals surface area contributed by atoms with Crippen LogP contribution in [-0.4, -0.2) is 24.3 Å². The SMILES string of the molecule is O=c1c(Cl)c(-n2ccnc2)cnn1-c1ccc(C(F)(F)F)cn1. The summed E-state index contributed by atoms with van der Waals surface area (Å²) in [5.41, 5.74) is -1.32. The number of imidazole rings is 1. The molecule has 0 aromatic carbocycles. The molecule has 3 aromatic rings. The van der Waals surface area contributed by atoms with Crippen LogP contribution in [0.3, 0.4) is 0 Å². The minimum atomic E-state index is -4.51. The molecule has 0 atom stereocenters. The van der Waals surface area contributed by atoms with Gasteiger partial charge in [0.15, 0.2) is 5.82 Å². The molecule has 0 N–H and O–H groups in total. The highest BCUT2D eigenvalue weighted by molar-refractivity contribution is 6.32. The Morgan fingerprint density at radius 3 is 2.52 bits per heavy atom. The van der Waals surface area contributed by atoms with Crippen molar-refractivity contribution in [2.75, 3.05) is 0 Å². The number of rotatable bonds is 2. The van der Waals surface area contributed by atoms with Crippen molar-refractivity contribution in [1.29, 1.82) is 0 Å². The summed E-state index contributed by atoms with van der Waals surface area (Å²) < 4.78 is 39.9. The Hall–Kier alpha value is -2.68. The Bertz CT molecular complexity index is 887. The molecule has 3 aromatic heterocycles. The summed E-state index contributed by atoms with van der Waals surface area (Å²) in [4.78, 5) is 19.7. The van der Waals surface area contributed by atoms with Gasteiger partial charge in [0.05, 0.1) is 23.8 Å². The zero-order valence-corrected chi connectivity index (χ0v) is 12.0. The lowest BCUT2D eigenvalue weighted by Crippen LogP contribution is -2.24. The summed E-state index contributed by atoms with van der Waals surface area (Å²) in [5.74, 6) is -0.0675. The Labute approximate surface area is 131 Å². The smallest absolute Gasteiger partial charge is 0.303 e. The summed E-state index contributed by atoms with van der Waals surface area (Å²) in [6.07, 6.45) is 1.92. The van der Waals surface area contributed by atoms with Crippen molar-refractivity contribution in [1.82, 2.24) is 24.3 Å². The standard InChI is InChI=1S/C13H7ClF3N5O/c14-11-9(21-4-3-18-7-21)6-20-22(12(11)23)10-2-1-8(5-19-10)13(15,16)17/h1-7H. The number of nitrogens with zero attached hydrogens (tertiary/aromatic N) is 5. The van der Waals surface area contributed by atoms with Gasteiger partial charge in [-0.15, -0.1) is 0 Å². The van der Waals surface area contributed by atoms with E-state index in [1.54, 1.807) is 6.20 Å². The molecule has 0 aliphatic carbocycles. The van der Waals surface area contributed by atoms with Gasteiger partial charge in [-0.3, -0.25) is 4.79 Å². The van der Waals surface area contributed by atoms with Crippen molar-refractivity contribution in [3.8, 4) is 11.5 Å². The van der Waals surface area contributed by atoms with E-state index in [4.69, 9.17) is 11.6 Å². The Morgan fingerprint density at radius 2 is 1.96 bits per heavy atom. The third-order valence-electron chi connectivity index (χ3n) is 2.98. The van der Waals surface area contributed by atoms with E-state index >= 15 is 0 Å². The van der Waals surface area contributed by atoms with Gasteiger partial charge >= 0.3 is 6.18 Å². The summed E-state index contributed by atoms with van der Waals surface area (Å²) >= 11 is 6.01. The molecular weight excluding hydrogens is 335 g/mol.